The number of anilines is 1. The van der Waals surface area contributed by atoms with Gasteiger partial charge in [0, 0.05) is 75.8 Å². The quantitative estimate of drug-likeness (QED) is 0.124. The van der Waals surface area contributed by atoms with Crippen molar-refractivity contribution in [1.82, 2.24) is 25.0 Å². The molecule has 388 valence electrons. The van der Waals surface area contributed by atoms with Gasteiger partial charge in [0.05, 0.1) is 24.9 Å². The normalized spacial score (nSPS) is 21.5. The molecule has 1 aliphatic carbocycles. The van der Waals surface area contributed by atoms with Gasteiger partial charge in [0.1, 0.15) is 35.8 Å². The first-order chi connectivity index (χ1) is 34.1. The fourth-order valence-corrected chi connectivity index (χ4v) is 9.33. The summed E-state index contributed by atoms with van der Waals surface area (Å²) >= 11 is 4.39. The first-order valence-corrected chi connectivity index (χ1v) is 24.9. The number of esters is 1. The largest absolute Gasteiger partial charge is 0.505 e. The van der Waals surface area contributed by atoms with E-state index in [4.69, 9.17) is 15.6 Å². The molecule has 5 aliphatic rings. The Labute approximate surface area is 427 Å². The van der Waals surface area contributed by atoms with Gasteiger partial charge >= 0.3 is 5.97 Å². The molecule has 2 aromatic carbocycles. The number of pyridine rings is 1. The molecule has 0 spiro atoms. The predicted octanol–water partition coefficient (Wildman–Crippen LogP) is 4.17. The van der Waals surface area contributed by atoms with Gasteiger partial charge in [0.2, 0.25) is 23.6 Å². The number of nitrogens with two attached hydrogens (primary N) is 1. The highest BCUT2D eigenvalue weighted by molar-refractivity contribution is 7.81. The number of piperidine rings is 1. The summed E-state index contributed by atoms with van der Waals surface area (Å²) in [4.78, 5) is 118. The monoisotopic (exact) mass is 1010 g/mol. The lowest BCUT2D eigenvalue weighted by Crippen LogP contribution is -2.60. The maximum Gasteiger partial charge on any atom is 0.313 e. The molecule has 0 radical (unpaired) electrons. The Kier molecular flexibility index (Phi) is 20.1. The van der Waals surface area contributed by atoms with E-state index in [0.29, 0.717) is 18.1 Å². The minimum absolute atomic E-state index is 0.0646. The van der Waals surface area contributed by atoms with Crippen LogP contribution in [-0.2, 0) is 44.7 Å². The van der Waals surface area contributed by atoms with Gasteiger partial charge in [-0.15, -0.1) is 0 Å². The van der Waals surface area contributed by atoms with Crippen LogP contribution in [-0.4, -0.2) is 154 Å². The third-order valence-corrected chi connectivity index (χ3v) is 14.2. The summed E-state index contributed by atoms with van der Waals surface area (Å²) in [5, 5.41) is 12.2. The van der Waals surface area contributed by atoms with E-state index in [-0.39, 0.29) is 55.4 Å². The van der Waals surface area contributed by atoms with Crippen LogP contribution in [0.5, 0.6) is 5.75 Å². The second-order valence-electron chi connectivity index (χ2n) is 19.4. The van der Waals surface area contributed by atoms with Crippen molar-refractivity contribution in [2.45, 2.75) is 121 Å². The number of ketones is 2. The van der Waals surface area contributed by atoms with Crippen molar-refractivity contribution in [3.63, 3.8) is 0 Å². The number of aliphatic imine (C=N–C) groups is 1. The van der Waals surface area contributed by atoms with Crippen molar-refractivity contribution < 1.29 is 48.2 Å². The molecule has 3 unspecified atom stereocenters. The fraction of sp³-hybridized carbons (Fsp3) is 0.509. The molecule has 3 aromatic rings. The lowest BCUT2D eigenvalue weighted by molar-refractivity contribution is -0.155. The van der Waals surface area contributed by atoms with Gasteiger partial charge in [0.25, 0.3) is 5.91 Å². The van der Waals surface area contributed by atoms with E-state index in [9.17, 15) is 38.4 Å². The molecule has 5 amide bonds. The van der Waals surface area contributed by atoms with E-state index in [0.717, 1.165) is 29.3 Å². The van der Waals surface area contributed by atoms with Gasteiger partial charge in [0.15, 0.2) is 11.5 Å². The van der Waals surface area contributed by atoms with Crippen LogP contribution in [0.25, 0.3) is 0 Å². The molecule has 2 bridgehead atoms. The van der Waals surface area contributed by atoms with E-state index >= 15 is 0 Å². The molecular formula is C53H70N8O10S. The number of ether oxygens (including phenoxy) is 1. The van der Waals surface area contributed by atoms with Gasteiger partial charge in [-0.05, 0) is 94.7 Å². The van der Waals surface area contributed by atoms with E-state index in [1.807, 2.05) is 73.6 Å². The zero-order valence-corrected chi connectivity index (χ0v) is 43.4. The summed E-state index contributed by atoms with van der Waals surface area (Å²) in [5.74, 6) is -3.66. The number of thiol groups is 1. The molecule has 1 saturated carbocycles. The van der Waals surface area contributed by atoms with Crippen molar-refractivity contribution in [2.75, 3.05) is 45.7 Å². The van der Waals surface area contributed by atoms with E-state index in [2.05, 4.69) is 27.9 Å². The van der Waals surface area contributed by atoms with Crippen molar-refractivity contribution >= 4 is 71.1 Å². The number of nitrogens with one attached hydrogen (secondary N) is 1. The number of likely N-dealkylation sites (tertiary alicyclic amines) is 2. The number of hydrogen-bond donors (Lipinski definition) is 4. The second-order valence-corrected chi connectivity index (χ2v) is 20.0. The number of Topliss-reactive ketones (excluding diaryl/α,β-unsaturated/α-hetero) is 2. The van der Waals surface area contributed by atoms with Crippen molar-refractivity contribution in [2.24, 2.45) is 22.6 Å². The molecule has 8 rings (SSSR count). The Hall–Kier alpha value is -6.63. The summed E-state index contributed by atoms with van der Waals surface area (Å²) in [6.45, 7) is 9.31. The summed E-state index contributed by atoms with van der Waals surface area (Å²) < 4.78 is 5.52. The van der Waals surface area contributed by atoms with Gasteiger partial charge in [-0.2, -0.15) is 12.6 Å². The van der Waals surface area contributed by atoms with Crippen molar-refractivity contribution in [1.29, 1.82) is 0 Å². The molecular weight excluding hydrogens is 941 g/mol. The van der Waals surface area contributed by atoms with Gasteiger partial charge in [-0.25, -0.2) is 4.98 Å². The van der Waals surface area contributed by atoms with Gasteiger partial charge in [-0.1, -0.05) is 49.4 Å². The molecule has 1 aromatic heterocycles. The number of aromatic hydroxyl groups is 1. The van der Waals surface area contributed by atoms with Crippen LogP contribution < -0.4 is 16.0 Å². The molecule has 3 fully saturated rings. The number of amides is 5. The number of primary amides is 1. The Morgan fingerprint density at radius 1 is 0.903 bits per heavy atom. The Morgan fingerprint density at radius 3 is 2.11 bits per heavy atom. The molecule has 18 nitrogen and oxygen atoms in total. The lowest BCUT2D eigenvalue weighted by atomic mass is 9.78. The SMILES string of the molecule is CC(=O)C1CC(=O)C(C)CN1C(=O)[C@H](Cc1ccc(N(C)C)cc1)N(C)C(=O)[C@@H]1CCCN1C(=O)[C@@H](C)NC(=O)C[C@@H](C)OC(=O)[C@@H](C)c1ccccc1.NC(=O)c1ncccc1O.SC1CN=C2CC1C2. The lowest BCUT2D eigenvalue weighted by Gasteiger charge is -2.41. The van der Waals surface area contributed by atoms with Crippen molar-refractivity contribution in [3.05, 3.63) is 89.7 Å². The number of carbonyl (C=O) groups excluding carboxylic acids is 8. The van der Waals surface area contributed by atoms with Crippen LogP contribution in [0.4, 0.5) is 5.69 Å². The molecule has 4 N–H and O–H groups in total. The first kappa shape index (κ1) is 56.3. The Morgan fingerprint density at radius 2 is 1.57 bits per heavy atom. The summed E-state index contributed by atoms with van der Waals surface area (Å²) in [6.07, 6.45) is 3.97. The predicted molar refractivity (Wildman–Crippen MR) is 276 cm³/mol. The number of hydrogen-bond acceptors (Lipinski definition) is 14. The third-order valence-electron chi connectivity index (χ3n) is 13.6. The number of rotatable bonds is 15. The van der Waals surface area contributed by atoms with Gasteiger partial charge in [-0.3, -0.25) is 43.3 Å². The van der Waals surface area contributed by atoms with Crippen LogP contribution in [0.2, 0.25) is 0 Å². The number of benzene rings is 2. The summed E-state index contributed by atoms with van der Waals surface area (Å²) in [7, 11) is 5.37. The molecule has 2 saturated heterocycles. The second kappa shape index (κ2) is 25.7. The van der Waals surface area contributed by atoms with Gasteiger partial charge < -0.3 is 40.5 Å². The van der Waals surface area contributed by atoms with Crippen molar-refractivity contribution in [3.8, 4) is 5.75 Å². The molecule has 5 heterocycles. The molecule has 19 heteroatoms. The smallest absolute Gasteiger partial charge is 0.313 e. The molecule has 4 aliphatic heterocycles. The maximum absolute atomic E-state index is 14.4. The van der Waals surface area contributed by atoms with Crippen LogP contribution in [0.3, 0.4) is 0 Å². The highest BCUT2D eigenvalue weighted by Gasteiger charge is 2.44. The first-order valence-electron chi connectivity index (χ1n) is 24.4. The Balaban J connectivity index is 0.000000439. The van der Waals surface area contributed by atoms with Crippen LogP contribution in [0, 0.1) is 11.8 Å². The average Bonchev–Trinajstić information content (AvgIpc) is 3.83. The average molecular weight is 1010 g/mol. The third kappa shape index (κ3) is 14.7. The van der Waals surface area contributed by atoms with Crippen LogP contribution in [0.15, 0.2) is 77.9 Å². The van der Waals surface area contributed by atoms with Crippen LogP contribution >= 0.6 is 12.6 Å². The molecule has 8 atom stereocenters. The highest BCUT2D eigenvalue weighted by atomic mass is 32.1. The number of fused-ring (bicyclic) bond motifs is 2. The maximum atomic E-state index is 14.4. The summed E-state index contributed by atoms with van der Waals surface area (Å²) in [6, 6.07) is 15.9. The topological polar surface area (TPSA) is 242 Å². The van der Waals surface area contributed by atoms with E-state index in [1.165, 1.54) is 65.6 Å². The number of likely N-dealkylation sites (N-methyl/N-ethyl adjacent to an activating group) is 1. The zero-order valence-electron chi connectivity index (χ0n) is 42.5. The minimum atomic E-state index is -1.02. The standard InChI is InChI=1S/C41H55N5O8.C6H6N2O2.C6H9NS/c1-25-24-46(34(29(5)47)23-36(25)48)40(52)35(22-30-16-18-32(19-17-30)43(6)7)44(8)39(51)33-15-12-20-45(33)38(50)28(4)42-37(49)21-26(2)54-41(53)27(3)31-13-10-9-11-14-31;7-6(10)5-4(9)2-1-3-8-5;8-6-3-7-5-1-4(6)2-5/h9-11,13-14,16-19,25-28,33-35H,12,15,20-24H2,1-8H3,(H,42,49);1-3,9H,(H2,7,10);4,6,8H,1-3H2/t25?,26-,27+,28-,33+,34?,35+;;/m1../s1. The number of carbonyl (C=O) groups is 8. The number of aromatic nitrogens is 1. The summed E-state index contributed by atoms with van der Waals surface area (Å²) in [5.41, 5.74) is 8.74. The zero-order chi connectivity index (χ0) is 53.0. The minimum Gasteiger partial charge on any atom is -0.505 e. The van der Waals surface area contributed by atoms with E-state index < -0.39 is 77.6 Å². The number of nitrogens with zero attached hydrogens (tertiary/aromatic N) is 6. The highest BCUT2D eigenvalue weighted by Crippen LogP contribution is 2.34. The van der Waals surface area contributed by atoms with Crippen LogP contribution in [0.1, 0.15) is 101 Å². The molecule has 72 heavy (non-hydrogen) atoms. The Bertz CT molecular complexity index is 2460. The fourth-order valence-electron chi connectivity index (χ4n) is 9.04. The van der Waals surface area contributed by atoms with E-state index in [1.54, 1.807) is 27.7 Å².